The number of aliphatic hydroxyl groups excluding tert-OH is 1. The van der Waals surface area contributed by atoms with Crippen LogP contribution in [0, 0.1) is 25.2 Å². The van der Waals surface area contributed by atoms with Crippen LogP contribution in [-0.2, 0) is 23.8 Å². The summed E-state index contributed by atoms with van der Waals surface area (Å²) in [5.74, 6) is 1.03. The Balaban J connectivity index is 1.65. The van der Waals surface area contributed by atoms with Gasteiger partial charge in [-0.05, 0) is 31.9 Å². The molecule has 41 heavy (non-hydrogen) atoms. The highest BCUT2D eigenvalue weighted by Crippen LogP contribution is 2.45. The number of aryl methyl sites for hydroxylation is 1. The van der Waals surface area contributed by atoms with Crippen LogP contribution < -0.4 is 21.2 Å². The number of hydrogen-bond donors (Lipinski definition) is 4. The summed E-state index contributed by atoms with van der Waals surface area (Å²) in [6, 6.07) is 2.95. The van der Waals surface area contributed by atoms with E-state index in [4.69, 9.17) is 34.6 Å². The number of carbonyl (C=O) groups excluding carboxylic acids is 2. The lowest BCUT2D eigenvalue weighted by Crippen LogP contribution is -2.66. The number of hydrogen-bond acceptors (Lipinski definition) is 11. The summed E-state index contributed by atoms with van der Waals surface area (Å²) >= 11 is 0. The van der Waals surface area contributed by atoms with Gasteiger partial charge >= 0.3 is 11.7 Å². The summed E-state index contributed by atoms with van der Waals surface area (Å²) in [7, 11) is 1.44. The van der Waals surface area contributed by atoms with E-state index in [2.05, 4.69) is 16.7 Å². The number of carbonyl (C=O) groups is 2. The molecule has 2 amide bonds. The number of fused-ring (bicyclic) bond motifs is 1. The molecule has 222 valence electrons. The maximum absolute atomic E-state index is 12.7. The van der Waals surface area contributed by atoms with Gasteiger partial charge in [0.15, 0.2) is 23.6 Å². The highest BCUT2D eigenvalue weighted by Gasteiger charge is 2.58. The van der Waals surface area contributed by atoms with Gasteiger partial charge in [0, 0.05) is 18.6 Å². The molecule has 13 heteroatoms. The Bertz CT molecular complexity index is 1390. The van der Waals surface area contributed by atoms with Crippen molar-refractivity contribution in [1.29, 1.82) is 0 Å². The van der Waals surface area contributed by atoms with E-state index < -0.39 is 59.5 Å². The second kappa shape index (κ2) is 12.4. The molecule has 1 saturated carbocycles. The maximum atomic E-state index is 12.7. The number of aromatic hydroxyl groups is 1. The molecule has 1 aliphatic heterocycles. The fourth-order valence-electron chi connectivity index (χ4n) is 5.23. The Morgan fingerprint density at radius 3 is 2.61 bits per heavy atom. The first-order valence-corrected chi connectivity index (χ1v) is 13.2. The molecule has 2 heterocycles. The van der Waals surface area contributed by atoms with Gasteiger partial charge in [-0.3, -0.25) is 9.63 Å². The Hall–Kier alpha value is -3.83. The van der Waals surface area contributed by atoms with Crippen molar-refractivity contribution in [2.45, 2.75) is 76.7 Å². The van der Waals surface area contributed by atoms with Crippen molar-refractivity contribution in [2.24, 2.45) is 5.92 Å². The third kappa shape index (κ3) is 5.96. The Kier molecular flexibility index (Phi) is 9.08. The lowest BCUT2D eigenvalue weighted by atomic mass is 9.85. The minimum absolute atomic E-state index is 0.0148. The van der Waals surface area contributed by atoms with E-state index in [1.54, 1.807) is 20.8 Å². The summed E-state index contributed by atoms with van der Waals surface area (Å²) in [6.45, 7) is 4.69. The molecule has 1 aromatic heterocycles. The van der Waals surface area contributed by atoms with Crippen LogP contribution in [0.15, 0.2) is 21.3 Å². The van der Waals surface area contributed by atoms with E-state index in [9.17, 15) is 24.6 Å². The van der Waals surface area contributed by atoms with Crippen molar-refractivity contribution in [3.63, 3.8) is 0 Å². The summed E-state index contributed by atoms with van der Waals surface area (Å²) in [4.78, 5) is 42.0. The summed E-state index contributed by atoms with van der Waals surface area (Å²) in [6.07, 6.45) is 2.07. The zero-order valence-corrected chi connectivity index (χ0v) is 23.2. The molecular weight excluding hydrogens is 540 g/mol. The van der Waals surface area contributed by atoms with E-state index in [1.165, 1.54) is 19.2 Å². The zero-order valence-electron chi connectivity index (χ0n) is 23.2. The average molecular weight is 575 g/mol. The molecule has 2 aliphatic rings. The van der Waals surface area contributed by atoms with E-state index in [0.29, 0.717) is 18.4 Å². The number of amides is 2. The summed E-state index contributed by atoms with van der Waals surface area (Å²) in [5, 5.41) is 24.6. The second-order valence-electron chi connectivity index (χ2n) is 10.3. The van der Waals surface area contributed by atoms with Crippen LogP contribution in [-0.4, -0.2) is 66.1 Å². The molecule has 13 nitrogen and oxygen atoms in total. The van der Waals surface area contributed by atoms with Gasteiger partial charge in [-0.1, -0.05) is 32.6 Å². The van der Waals surface area contributed by atoms with Crippen LogP contribution in [0.2, 0.25) is 0 Å². The largest absolute Gasteiger partial charge is 0.505 e. The molecule has 1 aliphatic carbocycles. The highest BCUT2D eigenvalue weighted by molar-refractivity contribution is 5.98. The molecule has 4 rings (SSSR count). The molecule has 1 aromatic carbocycles. The number of nitrogens with one attached hydrogen (secondary N) is 2. The van der Waals surface area contributed by atoms with E-state index in [0.717, 1.165) is 12.8 Å². The summed E-state index contributed by atoms with van der Waals surface area (Å²) < 4.78 is 29.0. The topological polar surface area (TPSA) is 175 Å². The molecule has 2 fully saturated rings. The van der Waals surface area contributed by atoms with Crippen molar-refractivity contribution in [3.8, 4) is 23.8 Å². The minimum Gasteiger partial charge on any atom is -0.505 e. The van der Waals surface area contributed by atoms with Gasteiger partial charge < -0.3 is 38.9 Å². The van der Waals surface area contributed by atoms with Gasteiger partial charge in [-0.15, -0.1) is 6.42 Å². The van der Waals surface area contributed by atoms with Crippen molar-refractivity contribution in [3.05, 3.63) is 28.1 Å². The lowest BCUT2D eigenvalue weighted by molar-refractivity contribution is -0.313. The number of hydroxylamine groups is 1. The van der Waals surface area contributed by atoms with Crippen LogP contribution >= 0.6 is 0 Å². The number of terminal acetylenes is 1. The fourth-order valence-corrected chi connectivity index (χ4v) is 5.23. The Labute approximate surface area is 236 Å². The molecule has 0 radical (unpaired) electrons. The molecule has 4 atom stereocenters. The SMILES string of the molecule is C#CCONC(=O)O[C@H]1[C@@H](O)[C@H](Oc2ccc3c(O)c(NC(=O)C(C)C)c(=O)oc3c2C)OC2(CCCC2)[C@@H]1OC. The van der Waals surface area contributed by atoms with Crippen LogP contribution in [0.5, 0.6) is 11.5 Å². The number of methoxy groups -OCH3 is 1. The monoisotopic (exact) mass is 574 g/mol. The smallest absolute Gasteiger partial charge is 0.431 e. The van der Waals surface area contributed by atoms with Crippen molar-refractivity contribution < 1.29 is 48.0 Å². The predicted octanol–water partition coefficient (Wildman–Crippen LogP) is 2.48. The lowest BCUT2D eigenvalue weighted by Gasteiger charge is -2.49. The van der Waals surface area contributed by atoms with Crippen LogP contribution in [0.1, 0.15) is 45.1 Å². The molecule has 1 spiro atoms. The van der Waals surface area contributed by atoms with Gasteiger partial charge in [-0.2, -0.15) is 5.48 Å². The average Bonchev–Trinajstić information content (AvgIpc) is 3.39. The molecule has 0 bridgehead atoms. The van der Waals surface area contributed by atoms with Gasteiger partial charge in [0.2, 0.25) is 12.2 Å². The first kappa shape index (κ1) is 30.1. The quantitative estimate of drug-likeness (QED) is 0.158. The first-order chi connectivity index (χ1) is 19.5. The second-order valence-corrected chi connectivity index (χ2v) is 10.3. The Morgan fingerprint density at radius 2 is 1.98 bits per heavy atom. The standard InChI is InChI=1S/C28H34N2O11/c1-6-13-37-30-27(35)40-22-20(32)26(41-28(23(22)36-5)11-7-8-12-28)38-17-10-9-16-19(31)18(29-24(33)14(2)3)25(34)39-21(16)15(17)4/h1,9-10,14,20,22-23,26,31-32H,7-8,11-13H2,2-5H3,(H,29,33)(H,30,35)/t20-,22+,23-,26-/m1/s1. The van der Waals surface area contributed by atoms with Crippen LogP contribution in [0.3, 0.4) is 0 Å². The minimum atomic E-state index is -1.51. The number of anilines is 1. The van der Waals surface area contributed by atoms with Gasteiger partial charge in [-0.25, -0.2) is 9.59 Å². The zero-order chi connectivity index (χ0) is 29.9. The first-order valence-electron chi connectivity index (χ1n) is 13.2. The molecule has 1 saturated heterocycles. The van der Waals surface area contributed by atoms with Crippen molar-refractivity contribution in [1.82, 2.24) is 5.48 Å². The maximum Gasteiger partial charge on any atom is 0.431 e. The third-order valence-electron chi connectivity index (χ3n) is 7.30. The Morgan fingerprint density at radius 1 is 1.27 bits per heavy atom. The van der Waals surface area contributed by atoms with Crippen LogP contribution in [0.4, 0.5) is 10.5 Å². The van der Waals surface area contributed by atoms with Gasteiger partial charge in [0.05, 0.1) is 5.39 Å². The van der Waals surface area contributed by atoms with Crippen LogP contribution in [0.25, 0.3) is 11.0 Å². The third-order valence-corrected chi connectivity index (χ3v) is 7.30. The predicted molar refractivity (Wildman–Crippen MR) is 144 cm³/mol. The fraction of sp³-hybridized carbons (Fsp3) is 0.536. The number of benzene rings is 1. The number of rotatable bonds is 8. The molecule has 4 N–H and O–H groups in total. The van der Waals surface area contributed by atoms with E-state index >= 15 is 0 Å². The highest BCUT2D eigenvalue weighted by atomic mass is 16.7. The van der Waals surface area contributed by atoms with Gasteiger partial charge in [0.1, 0.15) is 29.6 Å². The molecular formula is C28H34N2O11. The van der Waals surface area contributed by atoms with Gasteiger partial charge in [0.25, 0.3) is 0 Å². The number of ether oxygens (including phenoxy) is 4. The summed E-state index contributed by atoms with van der Waals surface area (Å²) in [5.41, 5.74) is 0.164. The number of aliphatic hydroxyl groups is 1. The normalized spacial score (nSPS) is 23.3. The van der Waals surface area contributed by atoms with E-state index in [1.807, 2.05) is 0 Å². The molecule has 2 aromatic rings. The van der Waals surface area contributed by atoms with E-state index in [-0.39, 0.29) is 29.0 Å². The van der Waals surface area contributed by atoms with Crippen molar-refractivity contribution >= 4 is 28.7 Å². The molecule has 0 unspecified atom stereocenters. The van der Waals surface area contributed by atoms with Crippen molar-refractivity contribution in [2.75, 3.05) is 19.0 Å².